The molecular weight excluding hydrogens is 324 g/mol. The van der Waals surface area contributed by atoms with E-state index >= 15 is 0 Å². The van der Waals surface area contributed by atoms with E-state index in [9.17, 15) is 0 Å². The summed E-state index contributed by atoms with van der Waals surface area (Å²) in [6.07, 6.45) is -0.556. The fourth-order valence-electron chi connectivity index (χ4n) is 2.95. The second-order valence-corrected chi connectivity index (χ2v) is 5.61. The van der Waals surface area contributed by atoms with Gasteiger partial charge in [-0.3, -0.25) is 0 Å². The molecule has 0 fully saturated rings. The van der Waals surface area contributed by atoms with Gasteiger partial charge in [-0.1, -0.05) is 6.07 Å². The maximum absolute atomic E-state index is 6.19. The van der Waals surface area contributed by atoms with Crippen molar-refractivity contribution in [3.63, 3.8) is 0 Å². The summed E-state index contributed by atoms with van der Waals surface area (Å²) >= 11 is 0. The zero-order valence-corrected chi connectivity index (χ0v) is 15.0. The van der Waals surface area contributed by atoms with Crippen molar-refractivity contribution in [2.45, 2.75) is 19.1 Å². The Kier molecular flexibility index (Phi) is 4.79. The lowest BCUT2D eigenvalue weighted by molar-refractivity contribution is 0.0279. The van der Waals surface area contributed by atoms with E-state index < -0.39 is 0 Å². The van der Waals surface area contributed by atoms with Gasteiger partial charge in [-0.05, 0) is 31.2 Å². The first-order valence-electron chi connectivity index (χ1n) is 7.93. The fraction of sp³-hybridized carbons (Fsp3) is 0.368. The van der Waals surface area contributed by atoms with Crippen LogP contribution in [0.3, 0.4) is 0 Å². The third-order valence-electron chi connectivity index (χ3n) is 4.16. The Morgan fingerprint density at radius 1 is 0.800 bits per heavy atom. The van der Waals surface area contributed by atoms with Crippen molar-refractivity contribution < 1.29 is 28.4 Å². The van der Waals surface area contributed by atoms with Crippen molar-refractivity contribution in [2.24, 2.45) is 0 Å². The molecule has 0 saturated heterocycles. The minimum Gasteiger partial charge on any atom is -0.493 e. The number of hydrogen-bond donors (Lipinski definition) is 0. The molecule has 1 aliphatic heterocycles. The quantitative estimate of drug-likeness (QED) is 0.824. The fourth-order valence-corrected chi connectivity index (χ4v) is 2.95. The lowest BCUT2D eigenvalue weighted by atomic mass is 10.0. The Balaban J connectivity index is 2.02. The highest BCUT2D eigenvalue weighted by Crippen LogP contribution is 2.47. The van der Waals surface area contributed by atoms with E-state index in [1.54, 1.807) is 28.4 Å². The third-order valence-corrected chi connectivity index (χ3v) is 4.16. The molecule has 2 aromatic carbocycles. The molecule has 6 heteroatoms. The van der Waals surface area contributed by atoms with E-state index in [1.807, 2.05) is 37.3 Å². The van der Waals surface area contributed by atoms with Crippen LogP contribution in [0, 0.1) is 0 Å². The van der Waals surface area contributed by atoms with Crippen LogP contribution in [0.25, 0.3) is 0 Å². The summed E-state index contributed by atoms with van der Waals surface area (Å²) in [7, 11) is 6.35. The standard InChI is InChI=1S/C19H22O6/c1-11-17(25-14-8-6-7-13(20-2)19(14)24-11)12-9-15(21-3)18(23-5)16(10-12)22-4/h6-11,17H,1-5H3/t11-,17+/m1/s1. The molecule has 0 amide bonds. The first kappa shape index (κ1) is 17.1. The largest absolute Gasteiger partial charge is 0.493 e. The summed E-state index contributed by atoms with van der Waals surface area (Å²) in [5, 5.41) is 0. The monoisotopic (exact) mass is 346 g/mol. The maximum atomic E-state index is 6.19. The number of fused-ring (bicyclic) bond motifs is 1. The van der Waals surface area contributed by atoms with Gasteiger partial charge < -0.3 is 28.4 Å². The predicted octanol–water partition coefficient (Wildman–Crippen LogP) is 3.62. The predicted molar refractivity (Wildman–Crippen MR) is 92.6 cm³/mol. The van der Waals surface area contributed by atoms with Crippen LogP contribution in [-0.2, 0) is 0 Å². The molecule has 0 bridgehead atoms. The summed E-state index contributed by atoms with van der Waals surface area (Å²) in [5.41, 5.74) is 0.871. The van der Waals surface area contributed by atoms with Gasteiger partial charge in [-0.15, -0.1) is 0 Å². The average Bonchev–Trinajstić information content (AvgIpc) is 2.65. The van der Waals surface area contributed by atoms with E-state index in [0.717, 1.165) is 5.56 Å². The molecule has 25 heavy (non-hydrogen) atoms. The molecule has 134 valence electrons. The Morgan fingerprint density at radius 2 is 1.44 bits per heavy atom. The molecule has 0 unspecified atom stereocenters. The molecule has 0 aromatic heterocycles. The van der Waals surface area contributed by atoms with Gasteiger partial charge >= 0.3 is 0 Å². The molecule has 3 rings (SSSR count). The van der Waals surface area contributed by atoms with Crippen LogP contribution in [0.15, 0.2) is 30.3 Å². The highest BCUT2D eigenvalue weighted by atomic mass is 16.6. The molecule has 1 heterocycles. The number of rotatable bonds is 5. The van der Waals surface area contributed by atoms with Crippen molar-refractivity contribution in [3.8, 4) is 34.5 Å². The van der Waals surface area contributed by atoms with Crippen LogP contribution < -0.4 is 28.4 Å². The van der Waals surface area contributed by atoms with Crippen LogP contribution in [0.4, 0.5) is 0 Å². The topological polar surface area (TPSA) is 55.4 Å². The van der Waals surface area contributed by atoms with E-state index in [-0.39, 0.29) is 12.2 Å². The lowest BCUT2D eigenvalue weighted by Crippen LogP contribution is -2.30. The first-order chi connectivity index (χ1) is 12.1. The summed E-state index contributed by atoms with van der Waals surface area (Å²) in [6, 6.07) is 9.31. The minimum atomic E-state index is -0.326. The molecule has 0 N–H and O–H groups in total. The molecule has 0 spiro atoms. The van der Waals surface area contributed by atoms with Crippen molar-refractivity contribution in [2.75, 3.05) is 28.4 Å². The highest BCUT2D eigenvalue weighted by molar-refractivity contribution is 5.56. The summed E-state index contributed by atoms with van der Waals surface area (Å²) in [5.74, 6) is 3.58. The molecular formula is C19H22O6. The first-order valence-corrected chi connectivity index (χ1v) is 7.93. The van der Waals surface area contributed by atoms with Gasteiger partial charge in [0.1, 0.15) is 6.10 Å². The molecule has 2 atom stereocenters. The van der Waals surface area contributed by atoms with Crippen molar-refractivity contribution in [3.05, 3.63) is 35.9 Å². The van der Waals surface area contributed by atoms with Gasteiger partial charge in [-0.2, -0.15) is 0 Å². The smallest absolute Gasteiger partial charge is 0.204 e. The van der Waals surface area contributed by atoms with Gasteiger partial charge in [0, 0.05) is 5.56 Å². The zero-order valence-electron chi connectivity index (χ0n) is 15.0. The Morgan fingerprint density at radius 3 is 2.00 bits per heavy atom. The number of para-hydroxylation sites is 1. The van der Waals surface area contributed by atoms with Crippen molar-refractivity contribution in [1.29, 1.82) is 0 Å². The Hall–Kier alpha value is -2.76. The molecule has 1 aliphatic rings. The molecule has 6 nitrogen and oxygen atoms in total. The Bertz CT molecular complexity index is 733. The zero-order chi connectivity index (χ0) is 18.0. The molecule has 0 radical (unpaired) electrons. The van der Waals surface area contributed by atoms with Crippen LogP contribution in [0.5, 0.6) is 34.5 Å². The number of benzene rings is 2. The highest BCUT2D eigenvalue weighted by Gasteiger charge is 2.33. The van der Waals surface area contributed by atoms with Gasteiger partial charge in [0.05, 0.1) is 28.4 Å². The summed E-state index contributed by atoms with van der Waals surface area (Å²) < 4.78 is 33.8. The molecule has 0 aliphatic carbocycles. The maximum Gasteiger partial charge on any atom is 0.204 e. The van der Waals surface area contributed by atoms with E-state index in [1.165, 1.54) is 0 Å². The number of ether oxygens (including phenoxy) is 6. The summed E-state index contributed by atoms with van der Waals surface area (Å²) in [6.45, 7) is 1.95. The number of methoxy groups -OCH3 is 4. The van der Waals surface area contributed by atoms with E-state index in [0.29, 0.717) is 34.5 Å². The SMILES string of the molecule is COc1cc([C@H]2Oc3cccc(OC)c3O[C@@H]2C)cc(OC)c1OC. The van der Waals surface area contributed by atoms with Crippen LogP contribution >= 0.6 is 0 Å². The minimum absolute atomic E-state index is 0.230. The molecule has 2 aromatic rings. The molecule has 0 saturated carbocycles. The number of hydrogen-bond acceptors (Lipinski definition) is 6. The second-order valence-electron chi connectivity index (χ2n) is 5.61. The Labute approximate surface area is 147 Å². The van der Waals surface area contributed by atoms with Gasteiger partial charge in [0.15, 0.2) is 29.1 Å². The van der Waals surface area contributed by atoms with Crippen LogP contribution in [-0.4, -0.2) is 34.5 Å². The van der Waals surface area contributed by atoms with Crippen LogP contribution in [0.1, 0.15) is 18.6 Å². The van der Waals surface area contributed by atoms with Gasteiger partial charge in [-0.25, -0.2) is 0 Å². The lowest BCUT2D eigenvalue weighted by Gasteiger charge is -2.33. The van der Waals surface area contributed by atoms with E-state index in [2.05, 4.69) is 0 Å². The van der Waals surface area contributed by atoms with E-state index in [4.69, 9.17) is 28.4 Å². The van der Waals surface area contributed by atoms with Crippen molar-refractivity contribution >= 4 is 0 Å². The van der Waals surface area contributed by atoms with Gasteiger partial charge in [0.2, 0.25) is 11.5 Å². The van der Waals surface area contributed by atoms with Gasteiger partial charge in [0.25, 0.3) is 0 Å². The summed E-state index contributed by atoms with van der Waals surface area (Å²) in [4.78, 5) is 0. The third kappa shape index (κ3) is 2.99. The average molecular weight is 346 g/mol. The van der Waals surface area contributed by atoms with Crippen LogP contribution in [0.2, 0.25) is 0 Å². The second kappa shape index (κ2) is 7.01. The van der Waals surface area contributed by atoms with Crippen molar-refractivity contribution in [1.82, 2.24) is 0 Å². The normalized spacial score (nSPS) is 18.4.